The molecule has 0 radical (unpaired) electrons. The van der Waals surface area contributed by atoms with Crippen molar-refractivity contribution in [3.05, 3.63) is 146 Å². The Morgan fingerprint density at radius 1 is 0.460 bits per heavy atom. The SMILES string of the molecule is c1ccc2c(c1)Oc1cccc3nc(-n4c5ccccc5c5c4ccc4c6ccccc6n(-c6ccc7c(c6)oc6ccccc67)c45)nc-2c13. The number of benzene rings is 7. The van der Waals surface area contributed by atoms with E-state index in [9.17, 15) is 0 Å². The Kier molecular flexibility index (Phi) is 4.89. The standard InChI is InChI=1S/C44H24N4O2/c1-5-15-33-26(10-1)29-22-23-35-40(43(29)47(33)25-20-21-28-27-11-3-7-17-36(27)50-39(28)24-25)30-12-2-6-16-34(30)48(35)44-45-32-14-9-19-38-41(32)42(46-44)31-13-4-8-18-37(31)49-38/h1-24H. The molecule has 1 aliphatic rings. The maximum atomic E-state index is 6.39. The van der Waals surface area contributed by atoms with Crippen molar-refractivity contribution in [3.8, 4) is 34.4 Å². The van der Waals surface area contributed by atoms with Gasteiger partial charge in [0.25, 0.3) is 0 Å². The van der Waals surface area contributed by atoms with Crippen LogP contribution in [0.1, 0.15) is 0 Å². The van der Waals surface area contributed by atoms with Gasteiger partial charge in [-0.1, -0.05) is 78.9 Å². The lowest BCUT2D eigenvalue weighted by molar-refractivity contribution is 0.486. The normalized spacial score (nSPS) is 12.6. The van der Waals surface area contributed by atoms with E-state index in [4.69, 9.17) is 19.1 Å². The van der Waals surface area contributed by atoms with Gasteiger partial charge in [0.1, 0.15) is 22.7 Å². The number of aromatic nitrogens is 4. The molecular formula is C44H24N4O2. The molecular weight excluding hydrogens is 617 g/mol. The summed E-state index contributed by atoms with van der Waals surface area (Å²) in [6.07, 6.45) is 0. The van der Waals surface area contributed by atoms with Gasteiger partial charge in [-0.15, -0.1) is 0 Å². The van der Waals surface area contributed by atoms with E-state index in [0.717, 1.165) is 94.1 Å². The van der Waals surface area contributed by atoms with Gasteiger partial charge in [0.2, 0.25) is 5.95 Å². The van der Waals surface area contributed by atoms with Gasteiger partial charge in [-0.2, -0.15) is 0 Å². The molecule has 232 valence electrons. The third-order valence-electron chi connectivity index (χ3n) is 10.3. The van der Waals surface area contributed by atoms with Gasteiger partial charge in [0, 0.05) is 49.6 Å². The van der Waals surface area contributed by atoms with E-state index in [1.807, 2.05) is 48.5 Å². The minimum absolute atomic E-state index is 0.623. The van der Waals surface area contributed by atoms with Gasteiger partial charge in [-0.05, 0) is 60.7 Å². The van der Waals surface area contributed by atoms with Gasteiger partial charge in [0.05, 0.1) is 38.7 Å². The van der Waals surface area contributed by atoms with Crippen LogP contribution in [-0.4, -0.2) is 19.1 Å². The van der Waals surface area contributed by atoms with Crippen molar-refractivity contribution in [1.29, 1.82) is 0 Å². The molecule has 0 fully saturated rings. The first-order valence-corrected chi connectivity index (χ1v) is 16.8. The average Bonchev–Trinajstić information content (AvgIpc) is 3.82. The molecule has 5 heterocycles. The minimum Gasteiger partial charge on any atom is -0.456 e. The number of rotatable bonds is 2. The zero-order chi connectivity index (χ0) is 32.5. The molecule has 0 saturated carbocycles. The number of ether oxygens (including phenoxy) is 1. The predicted octanol–water partition coefficient (Wildman–Crippen LogP) is 11.5. The van der Waals surface area contributed by atoms with E-state index in [2.05, 4.69) is 106 Å². The van der Waals surface area contributed by atoms with E-state index in [-0.39, 0.29) is 0 Å². The Morgan fingerprint density at radius 3 is 2.10 bits per heavy atom. The molecule has 11 aromatic rings. The van der Waals surface area contributed by atoms with Crippen molar-refractivity contribution in [2.24, 2.45) is 0 Å². The predicted molar refractivity (Wildman–Crippen MR) is 201 cm³/mol. The summed E-state index contributed by atoms with van der Waals surface area (Å²) in [6, 6.07) is 50.6. The van der Waals surface area contributed by atoms with Crippen LogP contribution in [0.25, 0.3) is 99.3 Å². The van der Waals surface area contributed by atoms with Crippen LogP contribution in [-0.2, 0) is 0 Å². The Balaban J connectivity index is 1.21. The fraction of sp³-hybridized carbons (Fsp3) is 0. The summed E-state index contributed by atoms with van der Waals surface area (Å²) < 4.78 is 17.3. The van der Waals surface area contributed by atoms with Gasteiger partial charge < -0.3 is 13.7 Å². The highest BCUT2D eigenvalue weighted by Gasteiger charge is 2.26. The third kappa shape index (κ3) is 3.32. The molecule has 0 saturated heterocycles. The molecule has 1 aliphatic heterocycles. The molecule has 0 atom stereocenters. The molecule has 0 bridgehead atoms. The van der Waals surface area contributed by atoms with E-state index < -0.39 is 0 Å². The number of furan rings is 1. The summed E-state index contributed by atoms with van der Waals surface area (Å²) in [7, 11) is 0. The zero-order valence-corrected chi connectivity index (χ0v) is 26.5. The molecule has 0 N–H and O–H groups in total. The Bertz CT molecular complexity index is 3250. The summed E-state index contributed by atoms with van der Waals surface area (Å²) in [5.41, 5.74) is 9.84. The van der Waals surface area contributed by atoms with Crippen LogP contribution in [0.3, 0.4) is 0 Å². The van der Waals surface area contributed by atoms with E-state index in [1.54, 1.807) is 0 Å². The summed E-state index contributed by atoms with van der Waals surface area (Å²) in [4.78, 5) is 10.5. The van der Waals surface area contributed by atoms with Crippen LogP contribution in [0, 0.1) is 0 Å². The molecule has 6 heteroatoms. The lowest BCUT2D eigenvalue weighted by Gasteiger charge is -2.20. The van der Waals surface area contributed by atoms with Crippen molar-refractivity contribution in [1.82, 2.24) is 19.1 Å². The molecule has 4 aromatic heterocycles. The third-order valence-corrected chi connectivity index (χ3v) is 10.3. The van der Waals surface area contributed by atoms with Crippen LogP contribution in [0.15, 0.2) is 150 Å². The van der Waals surface area contributed by atoms with Crippen molar-refractivity contribution < 1.29 is 9.15 Å². The van der Waals surface area contributed by atoms with Crippen LogP contribution >= 0.6 is 0 Å². The van der Waals surface area contributed by atoms with Crippen molar-refractivity contribution >= 4 is 76.5 Å². The first kappa shape index (κ1) is 26.1. The molecule has 0 spiro atoms. The molecule has 0 amide bonds. The fourth-order valence-corrected chi connectivity index (χ4v) is 8.23. The number of fused-ring (bicyclic) bond motifs is 12. The molecule has 6 nitrogen and oxygen atoms in total. The van der Waals surface area contributed by atoms with E-state index in [1.165, 1.54) is 10.8 Å². The first-order chi connectivity index (χ1) is 24.8. The van der Waals surface area contributed by atoms with E-state index in [0.29, 0.717) is 5.95 Å². The van der Waals surface area contributed by atoms with Gasteiger partial charge in [-0.3, -0.25) is 4.57 Å². The zero-order valence-electron chi connectivity index (χ0n) is 26.5. The number of nitrogens with zero attached hydrogens (tertiary/aromatic N) is 4. The lowest BCUT2D eigenvalue weighted by atomic mass is 10.0. The van der Waals surface area contributed by atoms with Crippen molar-refractivity contribution in [2.75, 3.05) is 0 Å². The quantitative estimate of drug-likeness (QED) is 0.189. The first-order valence-electron chi connectivity index (χ1n) is 16.8. The largest absolute Gasteiger partial charge is 0.456 e. The molecule has 12 rings (SSSR count). The average molecular weight is 641 g/mol. The Labute approximate surface area is 284 Å². The molecule has 0 unspecified atom stereocenters. The molecule has 7 aromatic carbocycles. The highest BCUT2D eigenvalue weighted by Crippen LogP contribution is 2.46. The van der Waals surface area contributed by atoms with Gasteiger partial charge in [-0.25, -0.2) is 9.97 Å². The number of hydrogen-bond acceptors (Lipinski definition) is 4. The second-order valence-corrected chi connectivity index (χ2v) is 13.0. The summed E-state index contributed by atoms with van der Waals surface area (Å²) >= 11 is 0. The number of para-hydroxylation sites is 4. The van der Waals surface area contributed by atoms with Gasteiger partial charge >= 0.3 is 0 Å². The van der Waals surface area contributed by atoms with E-state index >= 15 is 0 Å². The molecule has 50 heavy (non-hydrogen) atoms. The summed E-state index contributed by atoms with van der Waals surface area (Å²) in [6.45, 7) is 0. The molecule has 0 aliphatic carbocycles. The highest BCUT2D eigenvalue weighted by molar-refractivity contribution is 6.26. The van der Waals surface area contributed by atoms with Gasteiger partial charge in [0.15, 0.2) is 0 Å². The van der Waals surface area contributed by atoms with Crippen molar-refractivity contribution in [3.63, 3.8) is 0 Å². The summed E-state index contributed by atoms with van der Waals surface area (Å²) in [5.74, 6) is 2.20. The Morgan fingerprint density at radius 2 is 1.18 bits per heavy atom. The van der Waals surface area contributed by atoms with Crippen molar-refractivity contribution in [2.45, 2.75) is 0 Å². The smallest absolute Gasteiger partial charge is 0.235 e. The van der Waals surface area contributed by atoms with Crippen LogP contribution < -0.4 is 4.74 Å². The second-order valence-electron chi connectivity index (χ2n) is 13.0. The monoisotopic (exact) mass is 640 g/mol. The van der Waals surface area contributed by atoms with Crippen LogP contribution in [0.2, 0.25) is 0 Å². The highest BCUT2D eigenvalue weighted by atomic mass is 16.5. The topological polar surface area (TPSA) is 58.0 Å². The number of hydrogen-bond donors (Lipinski definition) is 0. The second kappa shape index (κ2) is 9.36. The Hall–Kier alpha value is -6.92. The lowest BCUT2D eigenvalue weighted by Crippen LogP contribution is -2.06. The summed E-state index contributed by atoms with van der Waals surface area (Å²) in [5, 5.41) is 7.83. The maximum absolute atomic E-state index is 6.39. The van der Waals surface area contributed by atoms with Crippen LogP contribution in [0.4, 0.5) is 0 Å². The maximum Gasteiger partial charge on any atom is 0.235 e. The fourth-order valence-electron chi connectivity index (χ4n) is 8.23. The van der Waals surface area contributed by atoms with Crippen LogP contribution in [0.5, 0.6) is 11.5 Å². The minimum atomic E-state index is 0.623.